The van der Waals surface area contributed by atoms with E-state index < -0.39 is 0 Å². The smallest absolute Gasteiger partial charge is 0.410 e. The molecule has 4 saturated carbocycles. The van der Waals surface area contributed by atoms with E-state index in [4.69, 9.17) is 4.74 Å². The van der Waals surface area contributed by atoms with E-state index in [2.05, 4.69) is 13.8 Å². The fraction of sp³-hybridized carbons (Fsp3) is 0.913. The van der Waals surface area contributed by atoms with Crippen molar-refractivity contribution in [3.63, 3.8) is 0 Å². The van der Waals surface area contributed by atoms with Crippen LogP contribution in [0.25, 0.3) is 0 Å². The molecule has 0 bridgehead atoms. The minimum atomic E-state index is -0.338. The normalized spacial score (nSPS) is 50.3. The van der Waals surface area contributed by atoms with Crippen LogP contribution in [0.4, 0.5) is 4.79 Å². The zero-order chi connectivity index (χ0) is 19.7. The van der Waals surface area contributed by atoms with Crippen molar-refractivity contribution in [3.8, 4) is 0 Å². The molecule has 5 fully saturated rings. The van der Waals surface area contributed by atoms with Crippen LogP contribution >= 0.6 is 0 Å². The van der Waals surface area contributed by atoms with Gasteiger partial charge in [-0.2, -0.15) is 0 Å². The van der Waals surface area contributed by atoms with Crippen LogP contribution in [0.3, 0.4) is 0 Å². The van der Waals surface area contributed by atoms with Gasteiger partial charge in [0.2, 0.25) is 0 Å². The molecule has 0 aromatic heterocycles. The van der Waals surface area contributed by atoms with Gasteiger partial charge in [0, 0.05) is 18.4 Å². The summed E-state index contributed by atoms with van der Waals surface area (Å²) in [7, 11) is 0. The summed E-state index contributed by atoms with van der Waals surface area (Å²) in [6, 6.07) is 0. The average Bonchev–Trinajstić information content (AvgIpc) is 3.13. The van der Waals surface area contributed by atoms with Crippen molar-refractivity contribution in [2.75, 3.05) is 19.7 Å². The SMILES string of the molecule is C[C@]12CC[C@@]3(C[C@@H]1CC[C@@H]1[C@@H]2CC[C@]2(C)C(=O)CC[C@@H]12)CN(CCO)C(=O)O3. The molecule has 1 aliphatic heterocycles. The van der Waals surface area contributed by atoms with Crippen LogP contribution in [0, 0.1) is 34.5 Å². The van der Waals surface area contributed by atoms with Gasteiger partial charge in [-0.05, 0) is 80.5 Å². The third-order valence-corrected chi connectivity index (χ3v) is 9.92. The van der Waals surface area contributed by atoms with Gasteiger partial charge in [0.15, 0.2) is 0 Å². The number of ether oxygens (including phenoxy) is 1. The lowest BCUT2D eigenvalue weighted by atomic mass is 9.44. The molecule has 5 nitrogen and oxygen atoms in total. The van der Waals surface area contributed by atoms with Crippen molar-refractivity contribution in [2.45, 2.75) is 77.2 Å². The van der Waals surface area contributed by atoms with Crippen LogP contribution in [0.1, 0.15) is 71.6 Å². The Morgan fingerprint density at radius 1 is 1.07 bits per heavy atom. The van der Waals surface area contributed by atoms with Crippen molar-refractivity contribution in [1.82, 2.24) is 4.90 Å². The molecule has 4 aliphatic carbocycles. The topological polar surface area (TPSA) is 66.8 Å². The van der Waals surface area contributed by atoms with E-state index in [0.717, 1.165) is 44.4 Å². The summed E-state index contributed by atoms with van der Waals surface area (Å²) in [6.07, 6.45) is 9.41. The largest absolute Gasteiger partial charge is 0.441 e. The van der Waals surface area contributed by atoms with Crippen LogP contribution in [-0.4, -0.2) is 47.2 Å². The summed E-state index contributed by atoms with van der Waals surface area (Å²) in [5.74, 6) is 3.14. The molecular weight excluding hydrogens is 354 g/mol. The maximum atomic E-state index is 12.6. The summed E-state index contributed by atoms with van der Waals surface area (Å²) in [5.41, 5.74) is -0.0697. The molecule has 0 unspecified atom stereocenters. The van der Waals surface area contributed by atoms with Gasteiger partial charge in [0.1, 0.15) is 11.4 Å². The molecular formula is C23H35NO4. The van der Waals surface area contributed by atoms with Crippen molar-refractivity contribution < 1.29 is 19.4 Å². The molecule has 5 aliphatic rings. The molecule has 1 amide bonds. The Morgan fingerprint density at radius 2 is 1.89 bits per heavy atom. The number of ketones is 1. The molecule has 1 spiro atoms. The summed E-state index contributed by atoms with van der Waals surface area (Å²) >= 11 is 0. The maximum absolute atomic E-state index is 12.6. The third kappa shape index (κ3) is 2.47. The highest BCUT2D eigenvalue weighted by molar-refractivity contribution is 5.87. The monoisotopic (exact) mass is 389 g/mol. The molecule has 156 valence electrons. The number of aliphatic hydroxyl groups is 1. The third-order valence-electron chi connectivity index (χ3n) is 9.92. The van der Waals surface area contributed by atoms with E-state index >= 15 is 0 Å². The molecule has 28 heavy (non-hydrogen) atoms. The van der Waals surface area contributed by atoms with Gasteiger partial charge in [-0.15, -0.1) is 0 Å². The summed E-state index contributed by atoms with van der Waals surface area (Å²) in [6.45, 7) is 5.77. The minimum Gasteiger partial charge on any atom is -0.441 e. The van der Waals surface area contributed by atoms with Gasteiger partial charge < -0.3 is 14.7 Å². The quantitative estimate of drug-likeness (QED) is 0.780. The van der Waals surface area contributed by atoms with Crippen LogP contribution in [-0.2, 0) is 9.53 Å². The number of Topliss-reactive ketones (excluding diaryl/α,β-unsaturated/α-hetero) is 1. The predicted molar refractivity (Wildman–Crippen MR) is 105 cm³/mol. The van der Waals surface area contributed by atoms with Crippen molar-refractivity contribution in [1.29, 1.82) is 0 Å². The maximum Gasteiger partial charge on any atom is 0.410 e. The van der Waals surface area contributed by atoms with Crippen LogP contribution < -0.4 is 0 Å². The molecule has 1 N–H and O–H groups in total. The highest BCUT2D eigenvalue weighted by Crippen LogP contribution is 2.66. The first kappa shape index (κ1) is 18.9. The zero-order valence-corrected chi connectivity index (χ0v) is 17.4. The summed E-state index contributed by atoms with van der Waals surface area (Å²) in [4.78, 5) is 26.5. The number of nitrogens with zero attached hydrogens (tertiary/aromatic N) is 1. The first-order valence-electron chi connectivity index (χ1n) is 11.4. The van der Waals surface area contributed by atoms with E-state index in [9.17, 15) is 14.7 Å². The second kappa shape index (κ2) is 6.20. The second-order valence-electron chi connectivity index (χ2n) is 11.0. The Balaban J connectivity index is 1.36. The lowest BCUT2D eigenvalue weighted by molar-refractivity contribution is -0.149. The minimum absolute atomic E-state index is 0.00501. The molecule has 0 aromatic carbocycles. The number of hydrogen-bond donors (Lipinski definition) is 1. The predicted octanol–water partition coefficient (Wildman–Crippen LogP) is 3.78. The molecule has 7 atom stereocenters. The molecule has 1 saturated heterocycles. The van der Waals surface area contributed by atoms with Crippen LogP contribution in [0.5, 0.6) is 0 Å². The van der Waals surface area contributed by atoms with Crippen LogP contribution in [0.2, 0.25) is 0 Å². The number of aliphatic hydroxyl groups excluding tert-OH is 1. The van der Waals surface area contributed by atoms with Gasteiger partial charge in [0.05, 0.1) is 13.2 Å². The second-order valence-corrected chi connectivity index (χ2v) is 11.0. The Labute approximate surface area is 168 Å². The van der Waals surface area contributed by atoms with Crippen molar-refractivity contribution in [3.05, 3.63) is 0 Å². The fourth-order valence-corrected chi connectivity index (χ4v) is 8.30. The molecule has 0 aromatic rings. The molecule has 5 rings (SSSR count). The van der Waals surface area contributed by atoms with Gasteiger partial charge in [0.25, 0.3) is 0 Å². The Bertz CT molecular complexity index is 694. The van der Waals surface area contributed by atoms with E-state index in [0.29, 0.717) is 42.0 Å². The number of carbonyl (C=O) groups excluding carboxylic acids is 2. The summed E-state index contributed by atoms with van der Waals surface area (Å²) < 4.78 is 5.92. The highest BCUT2D eigenvalue weighted by Gasteiger charge is 2.62. The number of rotatable bonds is 2. The van der Waals surface area contributed by atoms with Gasteiger partial charge in [-0.1, -0.05) is 13.8 Å². The van der Waals surface area contributed by atoms with Gasteiger partial charge >= 0.3 is 6.09 Å². The highest BCUT2D eigenvalue weighted by atomic mass is 16.6. The molecule has 0 radical (unpaired) electrons. The van der Waals surface area contributed by atoms with E-state index in [1.807, 2.05) is 0 Å². The Kier molecular flexibility index (Phi) is 4.18. The number of amides is 1. The number of β-amino-alcohol motifs (C(OH)–C–C–N with tert-alkyl or cyclic N) is 1. The first-order valence-corrected chi connectivity index (χ1v) is 11.4. The van der Waals surface area contributed by atoms with E-state index in [-0.39, 0.29) is 23.7 Å². The van der Waals surface area contributed by atoms with Crippen molar-refractivity contribution >= 4 is 11.9 Å². The molecule has 1 heterocycles. The Morgan fingerprint density at radius 3 is 2.68 bits per heavy atom. The molecule has 5 heteroatoms. The lowest BCUT2D eigenvalue weighted by Crippen LogP contribution is -2.56. The van der Waals surface area contributed by atoms with Gasteiger partial charge in [-0.25, -0.2) is 4.79 Å². The summed E-state index contributed by atoms with van der Waals surface area (Å²) in [5, 5.41) is 9.23. The number of carbonyl (C=O) groups is 2. The lowest BCUT2D eigenvalue weighted by Gasteiger charge is -2.61. The van der Waals surface area contributed by atoms with E-state index in [1.54, 1.807) is 4.90 Å². The number of fused-ring (bicyclic) bond motifs is 5. The standard InChI is InChI=1S/C23H35NO4/c1-21-9-10-23(14-24(11-12-25)20(27)28-23)13-15(21)3-4-16-17-5-6-19(26)22(17,2)8-7-18(16)21/h15-18,25H,3-14H2,1-2H3/t15-,16-,17-,18-,21-,22-,23+/m0/s1. The average molecular weight is 390 g/mol. The van der Waals surface area contributed by atoms with E-state index in [1.165, 1.54) is 19.3 Å². The Hall–Kier alpha value is -1.10. The van der Waals surface area contributed by atoms with Crippen molar-refractivity contribution in [2.24, 2.45) is 34.5 Å². The van der Waals surface area contributed by atoms with Crippen LogP contribution in [0.15, 0.2) is 0 Å². The first-order chi connectivity index (χ1) is 13.3. The number of hydrogen-bond acceptors (Lipinski definition) is 4. The van der Waals surface area contributed by atoms with Gasteiger partial charge in [-0.3, -0.25) is 4.79 Å². The fourth-order valence-electron chi connectivity index (χ4n) is 8.30. The zero-order valence-electron chi connectivity index (χ0n) is 17.4.